The Bertz CT molecular complexity index is 635. The molecule has 0 aliphatic heterocycles. The summed E-state index contributed by atoms with van der Waals surface area (Å²) in [5.41, 5.74) is 0. The van der Waals surface area contributed by atoms with E-state index >= 15 is 0 Å². The third-order valence-corrected chi connectivity index (χ3v) is 4.05. The van der Waals surface area contributed by atoms with Gasteiger partial charge in [-0.3, -0.25) is 0 Å². The Kier molecular flexibility index (Phi) is 3.24. The molecular formula is C11H12N2O4S. The predicted octanol–water partition coefficient (Wildman–Crippen LogP) is 1.14. The molecule has 96 valence electrons. The summed E-state index contributed by atoms with van der Waals surface area (Å²) in [6.45, 7) is 0. The van der Waals surface area contributed by atoms with Gasteiger partial charge in [-0.1, -0.05) is 0 Å². The Labute approximate surface area is 105 Å². The molecule has 1 aromatic carbocycles. The lowest BCUT2D eigenvalue weighted by atomic mass is 10.3. The molecule has 0 aliphatic carbocycles. The molecule has 6 nitrogen and oxygen atoms in total. The summed E-state index contributed by atoms with van der Waals surface area (Å²) in [6, 6.07) is 4.59. The quantitative estimate of drug-likeness (QED) is 0.831. The van der Waals surface area contributed by atoms with E-state index in [4.69, 9.17) is 9.47 Å². The van der Waals surface area contributed by atoms with Crippen LogP contribution in [0.1, 0.15) is 0 Å². The van der Waals surface area contributed by atoms with E-state index in [1.807, 2.05) is 0 Å². The van der Waals surface area contributed by atoms with Crippen LogP contribution in [0.4, 0.5) is 0 Å². The molecule has 0 aliphatic rings. The molecule has 18 heavy (non-hydrogen) atoms. The van der Waals surface area contributed by atoms with E-state index in [0.29, 0.717) is 5.75 Å². The first-order valence-electron chi connectivity index (χ1n) is 5.05. The number of hydrogen-bond acceptors (Lipinski definition) is 5. The first-order valence-corrected chi connectivity index (χ1v) is 6.49. The lowest BCUT2D eigenvalue weighted by molar-refractivity contribution is 0.392. The van der Waals surface area contributed by atoms with Crippen LogP contribution in [0.5, 0.6) is 11.5 Å². The van der Waals surface area contributed by atoms with Crippen molar-refractivity contribution in [3.05, 3.63) is 36.9 Å². The fraction of sp³-hybridized carbons (Fsp3) is 0.182. The van der Waals surface area contributed by atoms with Gasteiger partial charge in [0.25, 0.3) is 10.0 Å². The smallest absolute Gasteiger partial charge is 0.272 e. The second-order valence-electron chi connectivity index (χ2n) is 3.41. The number of aromatic nitrogens is 2. The lowest BCUT2D eigenvalue weighted by Gasteiger charge is -2.11. The molecule has 7 heteroatoms. The van der Waals surface area contributed by atoms with E-state index in [1.54, 1.807) is 12.1 Å². The van der Waals surface area contributed by atoms with E-state index in [0.717, 1.165) is 3.97 Å². The lowest BCUT2D eigenvalue weighted by Crippen LogP contribution is -2.12. The zero-order valence-electron chi connectivity index (χ0n) is 9.90. The summed E-state index contributed by atoms with van der Waals surface area (Å²) in [5, 5.41) is 0. The van der Waals surface area contributed by atoms with Crippen molar-refractivity contribution in [2.24, 2.45) is 0 Å². The zero-order chi connectivity index (χ0) is 13.2. The van der Waals surface area contributed by atoms with Crippen LogP contribution in [-0.4, -0.2) is 31.6 Å². The maximum atomic E-state index is 12.3. The molecule has 0 radical (unpaired) electrons. The largest absolute Gasteiger partial charge is 0.497 e. The van der Waals surface area contributed by atoms with Crippen molar-refractivity contribution in [2.75, 3.05) is 14.2 Å². The van der Waals surface area contributed by atoms with Crippen LogP contribution in [-0.2, 0) is 10.0 Å². The average molecular weight is 268 g/mol. The molecule has 0 amide bonds. The summed E-state index contributed by atoms with van der Waals surface area (Å²) in [4.78, 5) is 3.75. The fourth-order valence-corrected chi connectivity index (χ4v) is 2.78. The van der Waals surface area contributed by atoms with Gasteiger partial charge in [-0.2, -0.15) is 0 Å². The molecule has 1 aromatic heterocycles. The van der Waals surface area contributed by atoms with Gasteiger partial charge in [0.15, 0.2) is 0 Å². The van der Waals surface area contributed by atoms with Crippen LogP contribution in [0.25, 0.3) is 0 Å². The first kappa shape index (κ1) is 12.4. The Morgan fingerprint density at radius 1 is 1.22 bits per heavy atom. The molecule has 2 rings (SSSR count). The van der Waals surface area contributed by atoms with E-state index in [-0.39, 0.29) is 10.6 Å². The van der Waals surface area contributed by atoms with Crippen LogP contribution in [0.2, 0.25) is 0 Å². The molecule has 0 spiro atoms. The van der Waals surface area contributed by atoms with Gasteiger partial charge in [0.2, 0.25) is 0 Å². The van der Waals surface area contributed by atoms with E-state index < -0.39 is 10.0 Å². The normalized spacial score (nSPS) is 11.2. The maximum Gasteiger partial charge on any atom is 0.272 e. The molecule has 0 saturated carbocycles. The SMILES string of the molecule is COc1ccc(OC)c(S(=O)(=O)n2ccnc2)c1. The van der Waals surface area contributed by atoms with Gasteiger partial charge in [0.05, 0.1) is 14.2 Å². The van der Waals surface area contributed by atoms with Crippen LogP contribution in [0.3, 0.4) is 0 Å². The second-order valence-corrected chi connectivity index (χ2v) is 5.23. The predicted molar refractivity (Wildman–Crippen MR) is 64.4 cm³/mol. The van der Waals surface area contributed by atoms with Crippen molar-refractivity contribution in [3.63, 3.8) is 0 Å². The number of ether oxygens (including phenoxy) is 2. The van der Waals surface area contributed by atoms with Gasteiger partial charge >= 0.3 is 0 Å². The molecule has 0 fully saturated rings. The van der Waals surface area contributed by atoms with Crippen molar-refractivity contribution in [2.45, 2.75) is 4.90 Å². The Hall–Kier alpha value is -2.02. The minimum atomic E-state index is -3.72. The summed E-state index contributed by atoms with van der Waals surface area (Å²) in [5.74, 6) is 0.694. The topological polar surface area (TPSA) is 70.4 Å². The molecule has 0 atom stereocenters. The molecule has 0 unspecified atom stereocenters. The fourth-order valence-electron chi connectivity index (χ4n) is 1.49. The summed E-state index contributed by atoms with van der Waals surface area (Å²) in [7, 11) is -0.843. The van der Waals surface area contributed by atoms with E-state index in [2.05, 4.69) is 4.98 Å². The number of methoxy groups -OCH3 is 2. The number of rotatable bonds is 4. The van der Waals surface area contributed by atoms with Crippen molar-refractivity contribution in [3.8, 4) is 11.5 Å². The molecule has 2 aromatic rings. The van der Waals surface area contributed by atoms with Gasteiger partial charge in [-0.05, 0) is 12.1 Å². The number of imidazole rings is 1. The number of benzene rings is 1. The Morgan fingerprint density at radius 3 is 2.56 bits per heavy atom. The average Bonchev–Trinajstić information content (AvgIpc) is 2.92. The molecule has 0 bridgehead atoms. The maximum absolute atomic E-state index is 12.3. The number of nitrogens with zero attached hydrogens (tertiary/aromatic N) is 2. The molecular weight excluding hydrogens is 256 g/mol. The molecule has 0 saturated heterocycles. The van der Waals surface area contributed by atoms with Crippen LogP contribution in [0, 0.1) is 0 Å². The van der Waals surface area contributed by atoms with E-state index in [1.165, 1.54) is 39.0 Å². The molecule has 0 N–H and O–H groups in total. The standard InChI is InChI=1S/C11H12N2O4S/c1-16-9-3-4-10(17-2)11(7-9)18(14,15)13-6-5-12-8-13/h3-8H,1-2H3. The van der Waals surface area contributed by atoms with Gasteiger partial charge in [-0.25, -0.2) is 17.4 Å². The highest BCUT2D eigenvalue weighted by molar-refractivity contribution is 7.90. The highest BCUT2D eigenvalue weighted by atomic mass is 32.2. The zero-order valence-corrected chi connectivity index (χ0v) is 10.7. The van der Waals surface area contributed by atoms with Gasteiger partial charge in [0.1, 0.15) is 22.7 Å². The highest BCUT2D eigenvalue weighted by Crippen LogP contribution is 2.29. The van der Waals surface area contributed by atoms with Gasteiger partial charge < -0.3 is 9.47 Å². The third kappa shape index (κ3) is 2.04. The van der Waals surface area contributed by atoms with Crippen LogP contribution < -0.4 is 9.47 Å². The van der Waals surface area contributed by atoms with Crippen molar-refractivity contribution in [1.29, 1.82) is 0 Å². The number of hydrogen-bond donors (Lipinski definition) is 0. The van der Waals surface area contributed by atoms with E-state index in [9.17, 15) is 8.42 Å². The van der Waals surface area contributed by atoms with Crippen molar-refractivity contribution < 1.29 is 17.9 Å². The Balaban J connectivity index is 2.63. The van der Waals surface area contributed by atoms with Crippen molar-refractivity contribution in [1.82, 2.24) is 8.96 Å². The summed E-state index contributed by atoms with van der Waals surface area (Å²) < 4.78 is 35.8. The Morgan fingerprint density at radius 2 is 2.00 bits per heavy atom. The van der Waals surface area contributed by atoms with Gasteiger partial charge in [0, 0.05) is 18.5 Å². The summed E-state index contributed by atoms with van der Waals surface area (Å²) >= 11 is 0. The van der Waals surface area contributed by atoms with Gasteiger partial charge in [-0.15, -0.1) is 0 Å². The third-order valence-electron chi connectivity index (χ3n) is 2.41. The molecule has 1 heterocycles. The summed E-state index contributed by atoms with van der Waals surface area (Å²) in [6.07, 6.45) is 3.96. The second kappa shape index (κ2) is 4.69. The van der Waals surface area contributed by atoms with Crippen molar-refractivity contribution >= 4 is 10.0 Å². The monoisotopic (exact) mass is 268 g/mol. The van der Waals surface area contributed by atoms with Crippen LogP contribution >= 0.6 is 0 Å². The highest BCUT2D eigenvalue weighted by Gasteiger charge is 2.22. The minimum Gasteiger partial charge on any atom is -0.497 e. The first-order chi connectivity index (χ1) is 8.59. The van der Waals surface area contributed by atoms with Crippen LogP contribution in [0.15, 0.2) is 41.8 Å². The minimum absolute atomic E-state index is 0.0300.